The first kappa shape index (κ1) is 16.6. The maximum atomic E-state index is 4.53. The molecule has 0 spiro atoms. The monoisotopic (exact) mass is 389 g/mol. The third kappa shape index (κ3) is 2.64. The van der Waals surface area contributed by atoms with Crippen LogP contribution in [0.5, 0.6) is 0 Å². The first-order chi connectivity index (χ1) is 14.9. The molecule has 5 aromatic heterocycles. The van der Waals surface area contributed by atoms with Gasteiger partial charge < -0.3 is 4.98 Å². The quantitative estimate of drug-likeness (QED) is 0.460. The van der Waals surface area contributed by atoms with Crippen molar-refractivity contribution in [2.45, 2.75) is 0 Å². The van der Waals surface area contributed by atoms with Gasteiger partial charge in [-0.25, -0.2) is 4.98 Å². The molecule has 0 bridgehead atoms. The van der Waals surface area contributed by atoms with Gasteiger partial charge in [0.05, 0.1) is 17.6 Å². The van der Waals surface area contributed by atoms with Crippen LogP contribution < -0.4 is 0 Å². The van der Waals surface area contributed by atoms with Crippen molar-refractivity contribution in [3.8, 4) is 33.8 Å². The Morgan fingerprint density at radius 1 is 0.733 bits per heavy atom. The lowest BCUT2D eigenvalue weighted by Crippen LogP contribution is -1.86. The Bertz CT molecular complexity index is 1480. The molecule has 2 N–H and O–H groups in total. The van der Waals surface area contributed by atoms with Gasteiger partial charge in [0.2, 0.25) is 0 Å². The van der Waals surface area contributed by atoms with E-state index in [1.54, 1.807) is 24.8 Å². The fourth-order valence-corrected chi connectivity index (χ4v) is 3.76. The van der Waals surface area contributed by atoms with Crippen LogP contribution in [0.4, 0.5) is 0 Å². The van der Waals surface area contributed by atoms with E-state index in [1.165, 1.54) is 0 Å². The second-order valence-corrected chi connectivity index (χ2v) is 6.97. The summed E-state index contributed by atoms with van der Waals surface area (Å²) in [6.45, 7) is 0. The largest absolute Gasteiger partial charge is 0.353 e. The predicted octanol–water partition coefficient (Wildman–Crippen LogP) is 4.63. The maximum Gasteiger partial charge on any atom is 0.155 e. The van der Waals surface area contributed by atoms with Crippen LogP contribution in [0.3, 0.4) is 0 Å². The van der Waals surface area contributed by atoms with Gasteiger partial charge in [0, 0.05) is 52.8 Å². The van der Waals surface area contributed by atoms with Crippen molar-refractivity contribution in [2.75, 3.05) is 0 Å². The fraction of sp³-hybridized carbons (Fsp3) is 0. The first-order valence-electron chi connectivity index (χ1n) is 9.50. The number of hydrogen-bond donors (Lipinski definition) is 2. The molecule has 7 nitrogen and oxygen atoms in total. The van der Waals surface area contributed by atoms with E-state index in [0.717, 1.165) is 55.7 Å². The lowest BCUT2D eigenvalue weighted by Gasteiger charge is -2.02. The van der Waals surface area contributed by atoms with Gasteiger partial charge in [-0.3, -0.25) is 20.1 Å². The number of H-pyrrole nitrogens is 2. The van der Waals surface area contributed by atoms with Gasteiger partial charge in [0.15, 0.2) is 5.65 Å². The number of nitrogens with zero attached hydrogens (tertiary/aromatic N) is 5. The predicted molar refractivity (Wildman–Crippen MR) is 115 cm³/mol. The summed E-state index contributed by atoms with van der Waals surface area (Å²) in [5, 5.41) is 9.62. The number of pyridine rings is 2. The third-order valence-electron chi connectivity index (χ3n) is 5.19. The zero-order valence-corrected chi connectivity index (χ0v) is 15.7. The summed E-state index contributed by atoms with van der Waals surface area (Å²) >= 11 is 0. The van der Waals surface area contributed by atoms with E-state index in [9.17, 15) is 0 Å². The molecule has 7 heteroatoms. The Labute approximate surface area is 170 Å². The van der Waals surface area contributed by atoms with E-state index >= 15 is 0 Å². The van der Waals surface area contributed by atoms with Crippen LogP contribution in [0.15, 0.2) is 79.6 Å². The molecule has 30 heavy (non-hydrogen) atoms. The van der Waals surface area contributed by atoms with Gasteiger partial charge in [-0.1, -0.05) is 12.1 Å². The molecule has 6 aromatic rings. The van der Waals surface area contributed by atoms with Crippen molar-refractivity contribution >= 4 is 21.9 Å². The Morgan fingerprint density at radius 2 is 1.67 bits per heavy atom. The lowest BCUT2D eigenvalue weighted by atomic mass is 10.0. The third-order valence-corrected chi connectivity index (χ3v) is 5.19. The van der Waals surface area contributed by atoms with E-state index < -0.39 is 0 Å². The molecular weight excluding hydrogens is 374 g/mol. The molecule has 0 saturated heterocycles. The molecule has 0 amide bonds. The van der Waals surface area contributed by atoms with Crippen molar-refractivity contribution in [1.29, 1.82) is 0 Å². The SMILES string of the molecule is c1cc(-c2ccncc2)c2cc(-c3n[nH]c4ncc(-c5cnccn5)cc34)[nH]c2c1. The summed E-state index contributed by atoms with van der Waals surface area (Å²) in [6, 6.07) is 14.4. The van der Waals surface area contributed by atoms with Crippen molar-refractivity contribution in [2.24, 2.45) is 0 Å². The summed E-state index contributed by atoms with van der Waals surface area (Å²) < 4.78 is 0. The Kier molecular flexibility index (Phi) is 3.64. The van der Waals surface area contributed by atoms with Crippen molar-refractivity contribution in [3.63, 3.8) is 0 Å². The molecule has 0 unspecified atom stereocenters. The second kappa shape index (κ2) is 6.59. The van der Waals surface area contributed by atoms with Crippen LogP contribution in [0.2, 0.25) is 0 Å². The summed E-state index contributed by atoms with van der Waals surface area (Å²) in [4.78, 5) is 20.7. The molecule has 5 heterocycles. The zero-order valence-electron chi connectivity index (χ0n) is 15.7. The zero-order chi connectivity index (χ0) is 19.9. The molecule has 0 saturated carbocycles. The minimum absolute atomic E-state index is 0.727. The van der Waals surface area contributed by atoms with E-state index in [-0.39, 0.29) is 0 Å². The highest BCUT2D eigenvalue weighted by Crippen LogP contribution is 2.34. The van der Waals surface area contributed by atoms with E-state index in [0.29, 0.717) is 0 Å². The number of aromatic nitrogens is 7. The van der Waals surface area contributed by atoms with E-state index in [2.05, 4.69) is 59.4 Å². The van der Waals surface area contributed by atoms with Crippen LogP contribution in [0.25, 0.3) is 55.7 Å². The number of benzene rings is 1. The van der Waals surface area contributed by atoms with Gasteiger partial charge in [-0.15, -0.1) is 0 Å². The van der Waals surface area contributed by atoms with Crippen LogP contribution in [-0.4, -0.2) is 35.1 Å². The number of nitrogens with one attached hydrogen (secondary N) is 2. The molecule has 0 radical (unpaired) electrons. The second-order valence-electron chi connectivity index (χ2n) is 6.97. The molecule has 0 fully saturated rings. The average molecular weight is 389 g/mol. The number of hydrogen-bond acceptors (Lipinski definition) is 5. The Hall–Kier alpha value is -4.39. The molecule has 1 aromatic carbocycles. The maximum absolute atomic E-state index is 4.53. The lowest BCUT2D eigenvalue weighted by molar-refractivity contribution is 1.10. The van der Waals surface area contributed by atoms with Gasteiger partial charge in [-0.2, -0.15) is 5.10 Å². The minimum Gasteiger partial charge on any atom is -0.353 e. The van der Waals surface area contributed by atoms with Crippen LogP contribution in [0.1, 0.15) is 0 Å². The summed E-state index contributed by atoms with van der Waals surface area (Å²) in [7, 11) is 0. The Balaban J connectivity index is 1.52. The molecule has 0 atom stereocenters. The van der Waals surface area contributed by atoms with Gasteiger partial charge >= 0.3 is 0 Å². The van der Waals surface area contributed by atoms with E-state index in [4.69, 9.17) is 0 Å². The van der Waals surface area contributed by atoms with Crippen LogP contribution in [0, 0.1) is 0 Å². The standard InChI is InChI=1S/C23H15N7/c1-2-16(14-4-6-24-7-5-14)17-11-20(28-19(17)3-1)22-18-10-15(12-27-23(18)30-29-22)21-13-25-8-9-26-21/h1-13,28H,(H,27,29,30). The summed E-state index contributed by atoms with van der Waals surface area (Å²) in [5.74, 6) is 0. The number of fused-ring (bicyclic) bond motifs is 2. The first-order valence-corrected chi connectivity index (χ1v) is 9.50. The number of rotatable bonds is 3. The molecule has 6 rings (SSSR count). The van der Waals surface area contributed by atoms with Crippen LogP contribution in [-0.2, 0) is 0 Å². The molecular formula is C23H15N7. The highest BCUT2D eigenvalue weighted by molar-refractivity contribution is 6.01. The van der Waals surface area contributed by atoms with Gasteiger partial charge in [0.1, 0.15) is 5.69 Å². The van der Waals surface area contributed by atoms with E-state index in [1.807, 2.05) is 30.6 Å². The molecule has 0 aliphatic carbocycles. The van der Waals surface area contributed by atoms with Crippen molar-refractivity contribution in [3.05, 3.63) is 79.6 Å². The molecule has 0 aliphatic heterocycles. The van der Waals surface area contributed by atoms with Gasteiger partial charge in [-0.05, 0) is 41.5 Å². The smallest absolute Gasteiger partial charge is 0.155 e. The molecule has 142 valence electrons. The normalized spacial score (nSPS) is 11.3. The van der Waals surface area contributed by atoms with Gasteiger partial charge in [0.25, 0.3) is 0 Å². The minimum atomic E-state index is 0.727. The summed E-state index contributed by atoms with van der Waals surface area (Å²) in [5.41, 5.74) is 7.47. The number of aromatic amines is 2. The van der Waals surface area contributed by atoms with Crippen molar-refractivity contribution in [1.82, 2.24) is 35.1 Å². The fourth-order valence-electron chi connectivity index (χ4n) is 3.76. The highest BCUT2D eigenvalue weighted by atomic mass is 15.2. The average Bonchev–Trinajstić information content (AvgIpc) is 3.43. The molecule has 0 aliphatic rings. The highest BCUT2D eigenvalue weighted by Gasteiger charge is 2.15. The Morgan fingerprint density at radius 3 is 2.53 bits per heavy atom. The topological polar surface area (TPSA) is 96.0 Å². The van der Waals surface area contributed by atoms with Crippen molar-refractivity contribution < 1.29 is 0 Å². The summed E-state index contributed by atoms with van der Waals surface area (Å²) in [6.07, 6.45) is 10.5. The van der Waals surface area contributed by atoms with Crippen LogP contribution >= 0.6 is 0 Å².